The Balaban J connectivity index is 1.67. The van der Waals surface area contributed by atoms with E-state index in [4.69, 9.17) is 23.2 Å². The summed E-state index contributed by atoms with van der Waals surface area (Å²) >= 11 is 12.1. The Morgan fingerprint density at radius 3 is 2.65 bits per heavy atom. The predicted molar refractivity (Wildman–Crippen MR) is 153 cm³/mol. The molecular weight excluding hydrogens is 617 g/mol. The van der Waals surface area contributed by atoms with E-state index in [1.807, 2.05) is 0 Å². The van der Waals surface area contributed by atoms with Crippen LogP contribution >= 0.6 is 23.2 Å². The van der Waals surface area contributed by atoms with Gasteiger partial charge in [-0.05, 0) is 49.2 Å². The Morgan fingerprint density at radius 2 is 1.93 bits per heavy atom. The van der Waals surface area contributed by atoms with Crippen molar-refractivity contribution >= 4 is 58.6 Å². The zero-order valence-electron chi connectivity index (χ0n) is 22.2. The first-order chi connectivity index (χ1) is 20.4. The third kappa shape index (κ3) is 7.73. The molecule has 0 fully saturated rings. The van der Waals surface area contributed by atoms with Crippen LogP contribution < -0.4 is 16.0 Å². The molecule has 3 amide bonds. The van der Waals surface area contributed by atoms with Crippen molar-refractivity contribution < 1.29 is 36.7 Å². The van der Waals surface area contributed by atoms with Gasteiger partial charge in [-0.25, -0.2) is 14.2 Å². The van der Waals surface area contributed by atoms with Gasteiger partial charge in [-0.2, -0.15) is 13.2 Å². The first-order valence-electron chi connectivity index (χ1n) is 12.6. The molecule has 43 heavy (non-hydrogen) atoms. The highest BCUT2D eigenvalue weighted by molar-refractivity contribution is 6.32. The highest BCUT2D eigenvalue weighted by Gasteiger charge is 2.34. The molecule has 2 heterocycles. The van der Waals surface area contributed by atoms with Crippen molar-refractivity contribution in [1.82, 2.24) is 15.3 Å². The number of halogens is 6. The van der Waals surface area contributed by atoms with Gasteiger partial charge in [0, 0.05) is 29.3 Å². The molecule has 3 aromatic rings. The average Bonchev–Trinajstić information content (AvgIpc) is 3.33. The van der Waals surface area contributed by atoms with Crippen molar-refractivity contribution in [3.05, 3.63) is 81.5 Å². The molecule has 2 aromatic carbocycles. The molecule has 15 heteroatoms. The number of alkyl halides is 3. The summed E-state index contributed by atoms with van der Waals surface area (Å²) in [5.74, 6) is -2.29. The van der Waals surface area contributed by atoms with Crippen LogP contribution in [0.25, 0.3) is 17.3 Å². The molecule has 0 aliphatic carbocycles. The number of carbonyl (C=O) groups is 3. The summed E-state index contributed by atoms with van der Waals surface area (Å²) in [4.78, 5) is 44.5. The second-order valence-electron chi connectivity index (χ2n) is 9.17. The number of ether oxygens (including phenoxy) is 1. The molecule has 4 rings (SSSR count). The molecule has 0 unspecified atom stereocenters. The van der Waals surface area contributed by atoms with E-state index in [2.05, 4.69) is 30.7 Å². The average molecular weight is 640 g/mol. The second kappa shape index (κ2) is 13.3. The van der Waals surface area contributed by atoms with Gasteiger partial charge in [0.1, 0.15) is 22.5 Å². The number of carbonyl (C=O) groups excluding carboxylic acids is 3. The first kappa shape index (κ1) is 31.6. The molecule has 1 aliphatic rings. The summed E-state index contributed by atoms with van der Waals surface area (Å²) in [7, 11) is 1.20. The molecule has 9 nitrogen and oxygen atoms in total. The van der Waals surface area contributed by atoms with Crippen LogP contribution in [-0.4, -0.2) is 35.0 Å². The van der Waals surface area contributed by atoms with E-state index in [-0.39, 0.29) is 41.1 Å². The first-order valence-corrected chi connectivity index (χ1v) is 13.4. The number of rotatable bonds is 4. The van der Waals surface area contributed by atoms with Gasteiger partial charge in [0.05, 0.1) is 29.4 Å². The monoisotopic (exact) mass is 639 g/mol. The SMILES string of the molecule is COC(=O)Nc1ccc2c(c1)NC(=O)CC/C=C/C[C@H](NC(=O)/C=C/c1c(C(F)(F)F)ccc(Cl)c1F)c1nc-2c(Cl)[nH]1. The lowest BCUT2D eigenvalue weighted by atomic mass is 10.1. The Bertz CT molecular complexity index is 1620. The zero-order chi connectivity index (χ0) is 31.3. The highest BCUT2D eigenvalue weighted by atomic mass is 35.5. The number of aromatic amines is 1. The number of fused-ring (bicyclic) bond motifs is 4. The highest BCUT2D eigenvalue weighted by Crippen LogP contribution is 2.37. The number of amides is 3. The van der Waals surface area contributed by atoms with Crippen LogP contribution in [-0.2, 0) is 20.5 Å². The van der Waals surface area contributed by atoms with Gasteiger partial charge in [-0.15, -0.1) is 0 Å². The van der Waals surface area contributed by atoms with E-state index < -0.39 is 46.2 Å². The van der Waals surface area contributed by atoms with E-state index in [9.17, 15) is 31.9 Å². The summed E-state index contributed by atoms with van der Waals surface area (Å²) in [6.07, 6.45) is -0.125. The molecule has 0 saturated heterocycles. The van der Waals surface area contributed by atoms with E-state index in [0.29, 0.717) is 29.8 Å². The van der Waals surface area contributed by atoms with Gasteiger partial charge in [-0.1, -0.05) is 35.4 Å². The maximum Gasteiger partial charge on any atom is 0.417 e. The van der Waals surface area contributed by atoms with Crippen molar-refractivity contribution in [2.45, 2.75) is 31.5 Å². The van der Waals surface area contributed by atoms with Crippen molar-refractivity contribution in [2.24, 2.45) is 0 Å². The summed E-state index contributed by atoms with van der Waals surface area (Å²) in [5, 5.41) is 7.44. The Labute approximate surface area is 252 Å². The summed E-state index contributed by atoms with van der Waals surface area (Å²) in [5.41, 5.74) is -0.964. The molecule has 226 valence electrons. The van der Waals surface area contributed by atoms with E-state index >= 15 is 0 Å². The fraction of sp³-hybridized carbons (Fsp3) is 0.214. The Hall–Kier alpha value is -4.36. The molecule has 0 radical (unpaired) electrons. The molecule has 1 aromatic heterocycles. The minimum atomic E-state index is -4.89. The van der Waals surface area contributed by atoms with Crippen LogP contribution in [0.15, 0.2) is 48.6 Å². The van der Waals surface area contributed by atoms with Gasteiger partial charge in [0.25, 0.3) is 0 Å². The van der Waals surface area contributed by atoms with Crippen molar-refractivity contribution in [3.8, 4) is 11.3 Å². The number of nitrogens with zero attached hydrogens (tertiary/aromatic N) is 1. The molecular formula is C28H23Cl2F4N5O4. The zero-order valence-corrected chi connectivity index (χ0v) is 23.8. The molecule has 1 aliphatic heterocycles. The second-order valence-corrected chi connectivity index (χ2v) is 9.96. The summed E-state index contributed by atoms with van der Waals surface area (Å²) in [6, 6.07) is 5.17. The minimum absolute atomic E-state index is 0.0609. The number of anilines is 2. The smallest absolute Gasteiger partial charge is 0.417 e. The van der Waals surface area contributed by atoms with Gasteiger partial charge in [0.2, 0.25) is 11.8 Å². The van der Waals surface area contributed by atoms with Crippen LogP contribution in [0.5, 0.6) is 0 Å². The fourth-order valence-electron chi connectivity index (χ4n) is 4.18. The lowest BCUT2D eigenvalue weighted by molar-refractivity contribution is -0.138. The van der Waals surface area contributed by atoms with E-state index in [1.54, 1.807) is 24.3 Å². The number of H-pyrrole nitrogens is 1. The summed E-state index contributed by atoms with van der Waals surface area (Å²) < 4.78 is 59.4. The number of hydrogen-bond acceptors (Lipinski definition) is 5. The number of allylic oxidation sites excluding steroid dienone is 1. The Kier molecular flexibility index (Phi) is 9.77. The van der Waals surface area contributed by atoms with Crippen LogP contribution in [0.1, 0.15) is 42.3 Å². The van der Waals surface area contributed by atoms with Gasteiger partial charge in [0.15, 0.2) is 0 Å². The molecule has 4 N–H and O–H groups in total. The third-order valence-corrected chi connectivity index (χ3v) is 6.79. The number of hydrogen-bond donors (Lipinski definition) is 4. The normalized spacial score (nSPS) is 16.3. The number of benzene rings is 2. The quantitative estimate of drug-likeness (QED) is 0.136. The largest absolute Gasteiger partial charge is 0.453 e. The molecule has 2 bridgehead atoms. The van der Waals surface area contributed by atoms with Crippen LogP contribution in [0.2, 0.25) is 10.2 Å². The Morgan fingerprint density at radius 1 is 1.16 bits per heavy atom. The summed E-state index contributed by atoms with van der Waals surface area (Å²) in [6.45, 7) is 0. The van der Waals surface area contributed by atoms with Crippen molar-refractivity contribution in [3.63, 3.8) is 0 Å². The van der Waals surface area contributed by atoms with Gasteiger partial charge < -0.3 is 20.4 Å². The number of nitrogens with one attached hydrogen (secondary N) is 4. The fourth-order valence-corrected chi connectivity index (χ4v) is 4.59. The maximum atomic E-state index is 14.5. The van der Waals surface area contributed by atoms with Crippen molar-refractivity contribution in [1.29, 1.82) is 0 Å². The van der Waals surface area contributed by atoms with E-state index in [0.717, 1.165) is 12.1 Å². The van der Waals surface area contributed by atoms with E-state index in [1.165, 1.54) is 13.2 Å². The molecule has 1 atom stereocenters. The van der Waals surface area contributed by atoms with Crippen LogP contribution in [0.3, 0.4) is 0 Å². The number of imidazole rings is 1. The number of methoxy groups -OCH3 is 1. The molecule has 0 saturated carbocycles. The maximum absolute atomic E-state index is 14.5. The standard InChI is InChI=1S/C28H23Cl2F4N5O4/c1-43-27(42)35-14-7-8-16-20(13-14)37-21(40)6-4-2-3-5-19(26-38-24(16)25(30)39-26)36-22(41)12-9-15-17(28(32,33)34)10-11-18(29)23(15)31/h2-3,7-13,19H,4-6H2,1H3,(H,35,42)(H,36,41)(H,37,40)(H,38,39)/b3-2+,12-9+/t19-/m0/s1. The predicted octanol–water partition coefficient (Wildman–Crippen LogP) is 7.27. The van der Waals surface area contributed by atoms with Crippen molar-refractivity contribution in [2.75, 3.05) is 17.7 Å². The lowest BCUT2D eigenvalue weighted by Gasteiger charge is -2.14. The third-order valence-electron chi connectivity index (χ3n) is 6.22. The topological polar surface area (TPSA) is 125 Å². The van der Waals surface area contributed by atoms with Gasteiger partial charge >= 0.3 is 12.3 Å². The minimum Gasteiger partial charge on any atom is -0.453 e. The molecule has 0 spiro atoms. The van der Waals surface area contributed by atoms with Crippen LogP contribution in [0, 0.1) is 5.82 Å². The number of aromatic nitrogens is 2. The van der Waals surface area contributed by atoms with Gasteiger partial charge in [-0.3, -0.25) is 14.9 Å². The van der Waals surface area contributed by atoms with Crippen LogP contribution in [0.4, 0.5) is 33.7 Å². The lowest BCUT2D eigenvalue weighted by Crippen LogP contribution is -2.27.